The van der Waals surface area contributed by atoms with Crippen molar-refractivity contribution in [3.8, 4) is 0 Å². The third-order valence-corrected chi connectivity index (χ3v) is 3.70. The summed E-state index contributed by atoms with van der Waals surface area (Å²) < 4.78 is 0. The zero-order valence-electron chi connectivity index (χ0n) is 12.1. The Morgan fingerprint density at radius 1 is 1.37 bits per heavy atom. The number of rotatable bonds is 3. The topological polar surface area (TPSA) is 46.3 Å². The minimum atomic E-state index is -0.500. The Labute approximate surface area is 126 Å². The second-order valence-electron chi connectivity index (χ2n) is 5.44. The fraction of sp³-hybridized carbons (Fsp3) is 0.500. The van der Waals surface area contributed by atoms with Crippen molar-refractivity contribution in [2.75, 3.05) is 18.2 Å². The number of thioether (sulfide) groups is 1. The van der Waals surface area contributed by atoms with Crippen LogP contribution in [0.1, 0.15) is 20.8 Å². The molecule has 1 amide bonds. The molecule has 0 unspecified atom stereocenters. The van der Waals surface area contributed by atoms with Crippen LogP contribution in [0.3, 0.4) is 0 Å². The van der Waals surface area contributed by atoms with Crippen LogP contribution < -0.4 is 10.6 Å². The van der Waals surface area contributed by atoms with Gasteiger partial charge in [0, 0.05) is 17.6 Å². The molecule has 1 atom stereocenters. The predicted molar refractivity (Wildman–Crippen MR) is 86.3 cm³/mol. The maximum Gasteiger partial charge on any atom is 0.244 e. The fourth-order valence-corrected chi connectivity index (χ4v) is 1.98. The van der Waals surface area contributed by atoms with E-state index < -0.39 is 6.04 Å². The highest BCUT2D eigenvalue weighted by Gasteiger charge is 2.30. The van der Waals surface area contributed by atoms with Gasteiger partial charge >= 0.3 is 0 Å². The van der Waals surface area contributed by atoms with Crippen LogP contribution in [0.5, 0.6) is 0 Å². The average Bonchev–Trinajstić information content (AvgIpc) is 2.35. The molecule has 0 aliphatic carbocycles. The van der Waals surface area contributed by atoms with Gasteiger partial charge in [0.2, 0.25) is 5.91 Å². The van der Waals surface area contributed by atoms with Gasteiger partial charge in [0.25, 0.3) is 0 Å². The summed E-state index contributed by atoms with van der Waals surface area (Å²) in [4.78, 5) is 15.1. The largest absolute Gasteiger partial charge is 0.319 e. The highest BCUT2D eigenvalue weighted by Crippen LogP contribution is 2.24. The number of carbonyl (C=O) groups excluding carboxylic acids is 1. The Balaban J connectivity index is 0.00000324. The molecule has 1 aromatic carbocycles. The minimum absolute atomic E-state index is 0. The second-order valence-corrected chi connectivity index (χ2v) is 6.32. The number of hydrogen-bond donors (Lipinski definition) is 1. The SMILES string of the molecule is CSc1cccc(N(C)C(=O)[C@@H](N)C(C)(C)C)c1.Cl. The molecule has 0 saturated carbocycles. The number of hydrogen-bond acceptors (Lipinski definition) is 3. The first-order valence-electron chi connectivity index (χ1n) is 5.94. The van der Waals surface area contributed by atoms with Crippen LogP contribution in [0, 0.1) is 5.41 Å². The number of nitrogens with zero attached hydrogens (tertiary/aromatic N) is 1. The van der Waals surface area contributed by atoms with E-state index in [9.17, 15) is 4.79 Å². The number of halogens is 1. The normalized spacial score (nSPS) is 12.5. The van der Waals surface area contributed by atoms with Crippen LogP contribution in [-0.4, -0.2) is 25.3 Å². The van der Waals surface area contributed by atoms with Crippen LogP contribution in [0.25, 0.3) is 0 Å². The number of anilines is 1. The molecule has 3 nitrogen and oxygen atoms in total. The molecule has 0 bridgehead atoms. The molecule has 0 aliphatic heterocycles. The first-order valence-corrected chi connectivity index (χ1v) is 7.17. The van der Waals surface area contributed by atoms with Crippen molar-refractivity contribution in [3.05, 3.63) is 24.3 Å². The summed E-state index contributed by atoms with van der Waals surface area (Å²) in [6.07, 6.45) is 2.02. The molecule has 0 heterocycles. The van der Waals surface area contributed by atoms with Crippen molar-refractivity contribution in [1.29, 1.82) is 0 Å². The quantitative estimate of drug-likeness (QED) is 0.872. The van der Waals surface area contributed by atoms with Crippen molar-refractivity contribution in [1.82, 2.24) is 0 Å². The van der Waals surface area contributed by atoms with Gasteiger partial charge in [-0.15, -0.1) is 24.2 Å². The molecule has 1 aromatic rings. The standard InChI is InChI=1S/C14H22N2OS.ClH/c1-14(2,3)12(15)13(17)16(4)10-7-6-8-11(9-10)18-5;/h6-9,12H,15H2,1-5H3;1H/t12-;/m1./s1. The van der Waals surface area contributed by atoms with E-state index in [0.29, 0.717) is 0 Å². The first kappa shape index (κ1) is 18.3. The summed E-state index contributed by atoms with van der Waals surface area (Å²) in [5, 5.41) is 0. The molecule has 0 spiro atoms. The monoisotopic (exact) mass is 302 g/mol. The molecule has 19 heavy (non-hydrogen) atoms. The summed E-state index contributed by atoms with van der Waals surface area (Å²) in [6, 6.07) is 7.40. The average molecular weight is 303 g/mol. The Kier molecular flexibility index (Phi) is 6.91. The lowest BCUT2D eigenvalue weighted by atomic mass is 9.86. The Bertz CT molecular complexity index is 432. The van der Waals surface area contributed by atoms with E-state index in [-0.39, 0.29) is 23.7 Å². The summed E-state index contributed by atoms with van der Waals surface area (Å²) in [5.41, 5.74) is 6.65. The summed E-state index contributed by atoms with van der Waals surface area (Å²) in [5.74, 6) is -0.0549. The molecule has 108 valence electrons. The summed E-state index contributed by atoms with van der Waals surface area (Å²) in [6.45, 7) is 5.92. The Morgan fingerprint density at radius 2 is 1.95 bits per heavy atom. The van der Waals surface area contributed by atoms with Gasteiger partial charge < -0.3 is 10.6 Å². The molecular weight excluding hydrogens is 280 g/mol. The van der Waals surface area contributed by atoms with Crippen LogP contribution in [0.4, 0.5) is 5.69 Å². The van der Waals surface area contributed by atoms with Gasteiger partial charge in [-0.25, -0.2) is 0 Å². The van der Waals surface area contributed by atoms with Crippen LogP contribution in [0.2, 0.25) is 0 Å². The number of likely N-dealkylation sites (N-methyl/N-ethyl adjacent to an activating group) is 1. The van der Waals surface area contributed by atoms with Gasteiger partial charge in [0.15, 0.2) is 0 Å². The van der Waals surface area contributed by atoms with Gasteiger partial charge in [-0.1, -0.05) is 26.8 Å². The Hall–Kier alpha value is -0.710. The van der Waals surface area contributed by atoms with E-state index in [1.807, 2.05) is 51.3 Å². The smallest absolute Gasteiger partial charge is 0.244 e. The van der Waals surface area contributed by atoms with Gasteiger partial charge in [-0.2, -0.15) is 0 Å². The molecule has 0 fully saturated rings. The van der Waals surface area contributed by atoms with Gasteiger partial charge in [-0.05, 0) is 29.9 Å². The number of amides is 1. The zero-order chi connectivity index (χ0) is 13.9. The van der Waals surface area contributed by atoms with Crippen LogP contribution in [-0.2, 0) is 4.79 Å². The van der Waals surface area contributed by atoms with E-state index >= 15 is 0 Å². The molecule has 0 aromatic heterocycles. The van der Waals surface area contributed by atoms with Gasteiger partial charge in [0.1, 0.15) is 0 Å². The zero-order valence-corrected chi connectivity index (χ0v) is 13.8. The van der Waals surface area contributed by atoms with E-state index in [2.05, 4.69) is 0 Å². The van der Waals surface area contributed by atoms with Crippen molar-refractivity contribution in [2.45, 2.75) is 31.7 Å². The molecule has 2 N–H and O–H groups in total. The van der Waals surface area contributed by atoms with Crippen LogP contribution >= 0.6 is 24.2 Å². The second kappa shape index (κ2) is 7.17. The number of benzene rings is 1. The van der Waals surface area contributed by atoms with Gasteiger partial charge in [-0.3, -0.25) is 4.79 Å². The maximum absolute atomic E-state index is 12.3. The molecule has 0 aliphatic rings. The lowest BCUT2D eigenvalue weighted by molar-refractivity contribution is -0.121. The van der Waals surface area contributed by atoms with Crippen molar-refractivity contribution in [3.63, 3.8) is 0 Å². The van der Waals surface area contributed by atoms with E-state index in [1.54, 1.807) is 23.7 Å². The van der Waals surface area contributed by atoms with Crippen molar-refractivity contribution in [2.24, 2.45) is 11.1 Å². The number of carbonyl (C=O) groups is 1. The predicted octanol–water partition coefficient (Wildman–Crippen LogP) is 3.17. The third kappa shape index (κ3) is 4.71. The highest BCUT2D eigenvalue weighted by atomic mass is 35.5. The molecule has 0 radical (unpaired) electrons. The minimum Gasteiger partial charge on any atom is -0.319 e. The molecule has 1 rings (SSSR count). The van der Waals surface area contributed by atoms with E-state index in [1.165, 1.54) is 0 Å². The molecule has 5 heteroatoms. The lowest BCUT2D eigenvalue weighted by Gasteiger charge is -2.30. The number of nitrogens with two attached hydrogens (primary N) is 1. The van der Waals surface area contributed by atoms with Crippen molar-refractivity contribution >= 4 is 35.8 Å². The van der Waals surface area contributed by atoms with E-state index in [0.717, 1.165) is 10.6 Å². The fourth-order valence-electron chi connectivity index (χ4n) is 1.53. The summed E-state index contributed by atoms with van der Waals surface area (Å²) in [7, 11) is 1.77. The van der Waals surface area contributed by atoms with Crippen LogP contribution in [0.15, 0.2) is 29.2 Å². The first-order chi connectivity index (χ1) is 8.27. The summed E-state index contributed by atoms with van der Waals surface area (Å²) >= 11 is 1.66. The van der Waals surface area contributed by atoms with Crippen molar-refractivity contribution < 1.29 is 4.79 Å². The highest BCUT2D eigenvalue weighted by molar-refractivity contribution is 7.98. The molecule has 0 saturated heterocycles. The Morgan fingerprint density at radius 3 is 2.42 bits per heavy atom. The van der Waals surface area contributed by atoms with Gasteiger partial charge in [0.05, 0.1) is 6.04 Å². The molecular formula is C14H23ClN2OS. The third-order valence-electron chi connectivity index (χ3n) is 2.97. The maximum atomic E-state index is 12.3. The lowest BCUT2D eigenvalue weighted by Crippen LogP contribution is -2.49. The van der Waals surface area contributed by atoms with E-state index in [4.69, 9.17) is 5.73 Å².